The molecule has 3 heterocycles. The number of fused-ring (bicyclic) bond motifs is 1. The molecule has 6 nitrogen and oxygen atoms in total. The molecule has 7 heteroatoms. The number of carboxylic acid groups (broad SMARTS) is 1. The first-order valence-corrected chi connectivity index (χ1v) is 10.5. The zero-order chi connectivity index (χ0) is 21.5. The van der Waals surface area contributed by atoms with Crippen molar-refractivity contribution in [3.63, 3.8) is 0 Å². The fraction of sp³-hybridized carbons (Fsp3) is 0.0417. The van der Waals surface area contributed by atoms with Crippen LogP contribution in [-0.2, 0) is 4.79 Å². The first kappa shape index (κ1) is 19.0. The largest absolute Gasteiger partial charge is 0.477 e. The number of benzene rings is 2. The van der Waals surface area contributed by atoms with Crippen LogP contribution in [0.5, 0.6) is 0 Å². The van der Waals surface area contributed by atoms with Crippen LogP contribution in [0.2, 0.25) is 0 Å². The molecule has 0 aliphatic carbocycles. The van der Waals surface area contributed by atoms with Crippen LogP contribution in [0.25, 0.3) is 33.5 Å². The van der Waals surface area contributed by atoms with Crippen molar-refractivity contribution in [1.82, 2.24) is 9.97 Å². The Hall–Kier alpha value is -3.97. The van der Waals surface area contributed by atoms with Gasteiger partial charge in [-0.1, -0.05) is 36.4 Å². The average molecular weight is 427 g/mol. The first-order chi connectivity index (χ1) is 15.0. The van der Waals surface area contributed by atoms with Crippen LogP contribution in [0.1, 0.15) is 27.3 Å². The van der Waals surface area contributed by atoms with Gasteiger partial charge >= 0.3 is 5.97 Å². The van der Waals surface area contributed by atoms with E-state index in [0.29, 0.717) is 11.3 Å². The highest BCUT2D eigenvalue weighted by Crippen LogP contribution is 2.37. The monoisotopic (exact) mass is 427 g/mol. The Morgan fingerprint density at radius 3 is 2.65 bits per heavy atom. The van der Waals surface area contributed by atoms with Gasteiger partial charge in [0.25, 0.3) is 5.91 Å². The van der Waals surface area contributed by atoms with Gasteiger partial charge in [-0.2, -0.15) is 0 Å². The molecule has 0 atom stereocenters. The Morgan fingerprint density at radius 1 is 1.10 bits per heavy atom. The molecule has 0 unspecified atom stereocenters. The standard InChI is InChI=1S/C24H17N3O3S/c1-13-9-20(24(29)30)25-19(13)11-17-16-10-15(7-8-18(16)26-22(17)28)21-12-31-23(27-21)14-5-3-2-4-6-14/h2-12,25H,1H3,(H,26,28)(H,29,30)/b17-11-. The lowest BCUT2D eigenvalue weighted by Gasteiger charge is -2.03. The number of rotatable bonds is 4. The molecule has 152 valence electrons. The number of hydrogen-bond donors (Lipinski definition) is 3. The minimum Gasteiger partial charge on any atom is -0.477 e. The van der Waals surface area contributed by atoms with Crippen LogP contribution in [0, 0.1) is 6.92 Å². The van der Waals surface area contributed by atoms with Crippen LogP contribution < -0.4 is 5.32 Å². The number of aromatic nitrogens is 2. The number of H-pyrrole nitrogens is 1. The van der Waals surface area contributed by atoms with Crippen molar-refractivity contribution in [3.05, 3.63) is 82.5 Å². The molecule has 1 aliphatic heterocycles. The molecule has 0 bridgehead atoms. The summed E-state index contributed by atoms with van der Waals surface area (Å²) in [6.07, 6.45) is 1.70. The van der Waals surface area contributed by atoms with Crippen molar-refractivity contribution in [3.8, 4) is 21.8 Å². The van der Waals surface area contributed by atoms with E-state index in [-0.39, 0.29) is 11.6 Å². The fourth-order valence-corrected chi connectivity index (χ4v) is 4.43. The quantitative estimate of drug-likeness (QED) is 0.385. The molecule has 5 rings (SSSR count). The number of aromatic amines is 1. The van der Waals surface area contributed by atoms with Gasteiger partial charge in [-0.05, 0) is 36.8 Å². The van der Waals surface area contributed by atoms with Gasteiger partial charge in [-0.15, -0.1) is 11.3 Å². The smallest absolute Gasteiger partial charge is 0.352 e. The molecule has 2 aromatic carbocycles. The number of aryl methyl sites for hydroxylation is 1. The lowest BCUT2D eigenvalue weighted by Crippen LogP contribution is -2.03. The number of carbonyl (C=O) groups is 2. The highest BCUT2D eigenvalue weighted by molar-refractivity contribution is 7.13. The van der Waals surface area contributed by atoms with E-state index < -0.39 is 5.97 Å². The zero-order valence-corrected chi connectivity index (χ0v) is 17.3. The van der Waals surface area contributed by atoms with E-state index in [0.717, 1.165) is 38.6 Å². The molecule has 31 heavy (non-hydrogen) atoms. The molecular weight excluding hydrogens is 410 g/mol. The molecule has 2 aromatic heterocycles. The van der Waals surface area contributed by atoms with Gasteiger partial charge in [-0.25, -0.2) is 9.78 Å². The molecule has 3 N–H and O–H groups in total. The Kier molecular flexibility index (Phi) is 4.52. The summed E-state index contributed by atoms with van der Waals surface area (Å²) < 4.78 is 0. The van der Waals surface area contributed by atoms with Crippen LogP contribution >= 0.6 is 11.3 Å². The lowest BCUT2D eigenvalue weighted by molar-refractivity contribution is -0.110. The van der Waals surface area contributed by atoms with Gasteiger partial charge in [0.15, 0.2) is 0 Å². The van der Waals surface area contributed by atoms with Gasteiger partial charge < -0.3 is 15.4 Å². The highest BCUT2D eigenvalue weighted by Gasteiger charge is 2.25. The SMILES string of the molecule is Cc1cc(C(=O)O)[nH]c1/C=C1\C(=O)Nc2ccc(-c3csc(-c4ccccc4)n3)cc21. The minimum atomic E-state index is -1.04. The maximum atomic E-state index is 12.6. The second-order valence-corrected chi connectivity index (χ2v) is 8.12. The number of carbonyl (C=O) groups excluding carboxylic acids is 1. The maximum absolute atomic E-state index is 12.6. The maximum Gasteiger partial charge on any atom is 0.352 e. The number of nitrogens with one attached hydrogen (secondary N) is 2. The third kappa shape index (κ3) is 3.45. The lowest BCUT2D eigenvalue weighted by atomic mass is 10.0. The molecule has 0 radical (unpaired) electrons. The molecule has 0 saturated carbocycles. The molecule has 1 amide bonds. The van der Waals surface area contributed by atoms with E-state index in [4.69, 9.17) is 4.98 Å². The van der Waals surface area contributed by atoms with Gasteiger partial charge in [0.2, 0.25) is 0 Å². The number of anilines is 1. The van der Waals surface area contributed by atoms with Crippen LogP contribution in [-0.4, -0.2) is 27.0 Å². The molecule has 0 spiro atoms. The Labute approximate surface area is 181 Å². The van der Waals surface area contributed by atoms with Crippen molar-refractivity contribution in [2.75, 3.05) is 5.32 Å². The summed E-state index contributed by atoms with van der Waals surface area (Å²) in [5, 5.41) is 15.0. The minimum absolute atomic E-state index is 0.0904. The molecule has 4 aromatic rings. The Balaban J connectivity index is 1.54. The number of hydrogen-bond acceptors (Lipinski definition) is 4. The van der Waals surface area contributed by atoms with Crippen LogP contribution in [0.4, 0.5) is 5.69 Å². The van der Waals surface area contributed by atoms with E-state index in [9.17, 15) is 14.7 Å². The zero-order valence-electron chi connectivity index (χ0n) is 16.5. The predicted molar refractivity (Wildman–Crippen MR) is 122 cm³/mol. The number of nitrogens with zero attached hydrogens (tertiary/aromatic N) is 1. The predicted octanol–water partition coefficient (Wildman–Crippen LogP) is 5.30. The highest BCUT2D eigenvalue weighted by atomic mass is 32.1. The molecule has 0 saturated heterocycles. The van der Waals surface area contributed by atoms with Crippen molar-refractivity contribution in [2.45, 2.75) is 6.92 Å². The van der Waals surface area contributed by atoms with Gasteiger partial charge in [0.05, 0.1) is 11.3 Å². The average Bonchev–Trinajstić information content (AvgIpc) is 3.47. The topological polar surface area (TPSA) is 95.1 Å². The summed E-state index contributed by atoms with van der Waals surface area (Å²) in [6, 6.07) is 17.3. The van der Waals surface area contributed by atoms with Gasteiger partial charge in [0, 0.05) is 33.5 Å². The summed E-state index contributed by atoms with van der Waals surface area (Å²) in [5.41, 5.74) is 6.24. The summed E-state index contributed by atoms with van der Waals surface area (Å²) in [5.74, 6) is -1.26. The van der Waals surface area contributed by atoms with Crippen molar-refractivity contribution >= 4 is 40.5 Å². The summed E-state index contributed by atoms with van der Waals surface area (Å²) >= 11 is 1.57. The van der Waals surface area contributed by atoms with E-state index in [1.165, 1.54) is 0 Å². The van der Waals surface area contributed by atoms with Gasteiger partial charge in [-0.3, -0.25) is 4.79 Å². The van der Waals surface area contributed by atoms with E-state index in [1.54, 1.807) is 30.4 Å². The van der Waals surface area contributed by atoms with E-state index in [2.05, 4.69) is 10.3 Å². The molecule has 1 aliphatic rings. The number of aromatic carboxylic acids is 1. The molecular formula is C24H17N3O3S. The summed E-state index contributed by atoms with van der Waals surface area (Å²) in [6.45, 7) is 1.81. The Morgan fingerprint density at radius 2 is 1.90 bits per heavy atom. The van der Waals surface area contributed by atoms with Crippen molar-refractivity contribution in [2.24, 2.45) is 0 Å². The number of thiazole rings is 1. The van der Waals surface area contributed by atoms with Gasteiger partial charge in [0.1, 0.15) is 10.7 Å². The second-order valence-electron chi connectivity index (χ2n) is 7.26. The summed E-state index contributed by atoms with van der Waals surface area (Å²) in [4.78, 5) is 31.5. The number of amides is 1. The third-order valence-electron chi connectivity index (χ3n) is 5.20. The third-order valence-corrected chi connectivity index (χ3v) is 6.09. The number of carboxylic acids is 1. The van der Waals surface area contributed by atoms with E-state index in [1.807, 2.05) is 53.9 Å². The van der Waals surface area contributed by atoms with Crippen molar-refractivity contribution in [1.29, 1.82) is 0 Å². The van der Waals surface area contributed by atoms with Crippen LogP contribution in [0.3, 0.4) is 0 Å². The van der Waals surface area contributed by atoms with Crippen molar-refractivity contribution < 1.29 is 14.7 Å². The van der Waals surface area contributed by atoms with E-state index >= 15 is 0 Å². The summed E-state index contributed by atoms with van der Waals surface area (Å²) in [7, 11) is 0. The molecule has 0 fully saturated rings. The van der Waals surface area contributed by atoms with Crippen LogP contribution in [0.15, 0.2) is 60.0 Å². The first-order valence-electron chi connectivity index (χ1n) is 9.61. The normalized spacial score (nSPS) is 14.0. The second kappa shape index (κ2) is 7.37. The fourth-order valence-electron chi connectivity index (χ4n) is 3.59. The Bertz CT molecular complexity index is 1370.